The first-order valence-corrected chi connectivity index (χ1v) is 11.5. The smallest absolute Gasteiger partial charge is 0.256 e. The van der Waals surface area contributed by atoms with Gasteiger partial charge in [-0.15, -0.1) is 0 Å². The first-order chi connectivity index (χ1) is 17.4. The molecule has 2 aliphatic heterocycles. The van der Waals surface area contributed by atoms with Gasteiger partial charge in [-0.25, -0.2) is 0 Å². The molecule has 2 heterocycles. The molecule has 9 nitrogen and oxygen atoms in total. The SMILES string of the molecule is COc1cc([C@@H]2CN(C)[C@]3(C(=O)Nc4ccccc43)[C@@H]2[N+](=O)[O-])ccc1OCc1ccccc1C#N. The summed E-state index contributed by atoms with van der Waals surface area (Å²) in [5.41, 5.74) is 1.75. The van der Waals surface area contributed by atoms with E-state index in [1.165, 1.54) is 7.11 Å². The number of benzene rings is 3. The molecule has 182 valence electrons. The summed E-state index contributed by atoms with van der Waals surface area (Å²) < 4.78 is 11.5. The second kappa shape index (κ2) is 8.98. The molecule has 0 aliphatic carbocycles. The molecule has 5 rings (SSSR count). The molecule has 1 amide bonds. The van der Waals surface area contributed by atoms with Crippen molar-refractivity contribution in [3.8, 4) is 17.6 Å². The average molecular weight is 485 g/mol. The number of para-hydroxylation sites is 1. The maximum Gasteiger partial charge on any atom is 0.256 e. The number of nitrogens with one attached hydrogen (secondary N) is 1. The highest BCUT2D eigenvalue weighted by Crippen LogP contribution is 2.52. The number of nitrogens with zero attached hydrogens (tertiary/aromatic N) is 3. The van der Waals surface area contributed by atoms with Gasteiger partial charge in [0, 0.05) is 28.3 Å². The van der Waals surface area contributed by atoms with Gasteiger partial charge in [0.2, 0.25) is 0 Å². The van der Waals surface area contributed by atoms with Crippen LogP contribution in [0.4, 0.5) is 5.69 Å². The van der Waals surface area contributed by atoms with Gasteiger partial charge in [-0.3, -0.25) is 19.8 Å². The Morgan fingerprint density at radius 3 is 2.67 bits per heavy atom. The molecule has 3 aromatic carbocycles. The lowest BCUT2D eigenvalue weighted by atomic mass is 9.79. The summed E-state index contributed by atoms with van der Waals surface area (Å²) in [7, 11) is 3.25. The van der Waals surface area contributed by atoms with E-state index in [2.05, 4.69) is 11.4 Å². The van der Waals surface area contributed by atoms with E-state index in [0.29, 0.717) is 40.4 Å². The number of hydrogen-bond donors (Lipinski definition) is 1. The first kappa shape index (κ1) is 23.3. The number of anilines is 1. The maximum atomic E-state index is 13.3. The zero-order valence-electron chi connectivity index (χ0n) is 19.8. The number of rotatable bonds is 6. The molecule has 1 N–H and O–H groups in total. The van der Waals surface area contributed by atoms with Crippen molar-refractivity contribution < 1.29 is 19.2 Å². The van der Waals surface area contributed by atoms with Crippen molar-refractivity contribution in [2.45, 2.75) is 24.1 Å². The zero-order chi connectivity index (χ0) is 25.4. The summed E-state index contributed by atoms with van der Waals surface area (Å²) in [5, 5.41) is 24.7. The van der Waals surface area contributed by atoms with Gasteiger partial charge in [0.25, 0.3) is 11.9 Å². The molecule has 3 atom stereocenters. The maximum absolute atomic E-state index is 13.3. The lowest BCUT2D eigenvalue weighted by Gasteiger charge is -2.30. The Kier molecular flexibility index (Phi) is 5.82. The van der Waals surface area contributed by atoms with E-state index in [0.717, 1.165) is 5.56 Å². The number of fused-ring (bicyclic) bond motifs is 2. The van der Waals surface area contributed by atoms with Crippen molar-refractivity contribution in [3.63, 3.8) is 0 Å². The van der Waals surface area contributed by atoms with Gasteiger partial charge in [0.1, 0.15) is 6.61 Å². The predicted octanol–water partition coefficient (Wildman–Crippen LogP) is 3.67. The summed E-state index contributed by atoms with van der Waals surface area (Å²) in [5.74, 6) is -0.0803. The second-order valence-corrected chi connectivity index (χ2v) is 8.95. The van der Waals surface area contributed by atoms with E-state index < -0.39 is 23.4 Å². The highest BCUT2D eigenvalue weighted by molar-refractivity contribution is 6.06. The van der Waals surface area contributed by atoms with Crippen LogP contribution < -0.4 is 14.8 Å². The van der Waals surface area contributed by atoms with E-state index in [4.69, 9.17) is 9.47 Å². The number of ether oxygens (including phenoxy) is 2. The Bertz CT molecular complexity index is 1400. The fraction of sp³-hybridized carbons (Fsp3) is 0.259. The standard InChI is InChI=1S/C27H24N4O5/c1-30-15-20(25(31(33)34)27(30)21-9-5-6-10-22(21)29-26(27)32)17-11-12-23(24(13-17)35-2)36-16-19-8-4-3-7-18(19)14-28/h3-13,20,25H,15-16H2,1-2H3,(H,29,32)/t20-,25+,27-/m0/s1. The van der Waals surface area contributed by atoms with Crippen LogP contribution in [0.2, 0.25) is 0 Å². The summed E-state index contributed by atoms with van der Waals surface area (Å²) in [4.78, 5) is 27.2. The van der Waals surface area contributed by atoms with Crippen molar-refractivity contribution >= 4 is 11.6 Å². The number of hydrogen-bond acceptors (Lipinski definition) is 7. The summed E-state index contributed by atoms with van der Waals surface area (Å²) in [6, 6.07) is 20.5. The third-order valence-corrected chi connectivity index (χ3v) is 7.18. The zero-order valence-corrected chi connectivity index (χ0v) is 19.8. The molecule has 0 radical (unpaired) electrons. The molecule has 0 unspecified atom stereocenters. The van der Waals surface area contributed by atoms with Gasteiger partial charge in [-0.2, -0.15) is 5.26 Å². The Labute approximate surface area is 208 Å². The number of methoxy groups -OCH3 is 1. The number of amides is 1. The quantitative estimate of drug-likeness (QED) is 0.419. The largest absolute Gasteiger partial charge is 0.493 e. The Morgan fingerprint density at radius 2 is 1.92 bits per heavy atom. The minimum Gasteiger partial charge on any atom is -0.493 e. The van der Waals surface area contributed by atoms with Crippen LogP contribution in [-0.4, -0.2) is 42.5 Å². The number of likely N-dealkylation sites (N-methyl/N-ethyl adjacent to an activating group) is 1. The van der Waals surface area contributed by atoms with Crippen molar-refractivity contribution in [2.75, 3.05) is 26.0 Å². The fourth-order valence-corrected chi connectivity index (χ4v) is 5.52. The fourth-order valence-electron chi connectivity index (χ4n) is 5.52. The van der Waals surface area contributed by atoms with E-state index >= 15 is 0 Å². The minimum atomic E-state index is -1.41. The molecule has 0 aromatic heterocycles. The van der Waals surface area contributed by atoms with Crippen molar-refractivity contribution in [1.82, 2.24) is 4.90 Å². The summed E-state index contributed by atoms with van der Waals surface area (Å²) >= 11 is 0. The van der Waals surface area contributed by atoms with Crippen molar-refractivity contribution in [1.29, 1.82) is 5.26 Å². The Hall–Kier alpha value is -4.42. The second-order valence-electron chi connectivity index (χ2n) is 8.95. The molecule has 36 heavy (non-hydrogen) atoms. The van der Waals surface area contributed by atoms with Crippen LogP contribution in [0.1, 0.15) is 28.2 Å². The summed E-state index contributed by atoms with van der Waals surface area (Å²) in [6.45, 7) is 0.482. The van der Waals surface area contributed by atoms with Crippen LogP contribution in [0.15, 0.2) is 66.7 Å². The van der Waals surface area contributed by atoms with Crippen LogP contribution in [0.3, 0.4) is 0 Å². The van der Waals surface area contributed by atoms with E-state index in [-0.39, 0.29) is 11.5 Å². The molecular weight excluding hydrogens is 460 g/mol. The number of carbonyl (C=O) groups excluding carboxylic acids is 1. The molecule has 0 bridgehead atoms. The topological polar surface area (TPSA) is 118 Å². The van der Waals surface area contributed by atoms with Gasteiger partial charge in [-0.05, 0) is 36.9 Å². The lowest BCUT2D eigenvalue weighted by molar-refractivity contribution is -0.534. The molecule has 3 aromatic rings. The first-order valence-electron chi connectivity index (χ1n) is 11.5. The molecule has 2 aliphatic rings. The third kappa shape index (κ3) is 3.46. The Balaban J connectivity index is 1.49. The molecule has 1 fully saturated rings. The molecular formula is C27H24N4O5. The van der Waals surface area contributed by atoms with Crippen LogP contribution in [0, 0.1) is 21.4 Å². The van der Waals surface area contributed by atoms with Crippen LogP contribution in [0.5, 0.6) is 11.5 Å². The number of carbonyl (C=O) groups is 1. The highest BCUT2D eigenvalue weighted by Gasteiger charge is 2.68. The van der Waals surface area contributed by atoms with E-state index in [1.54, 1.807) is 66.5 Å². The number of nitriles is 1. The van der Waals surface area contributed by atoms with Gasteiger partial charge < -0.3 is 14.8 Å². The van der Waals surface area contributed by atoms with Gasteiger partial charge in [-0.1, -0.05) is 42.5 Å². The van der Waals surface area contributed by atoms with Crippen LogP contribution in [0.25, 0.3) is 0 Å². The van der Waals surface area contributed by atoms with Crippen molar-refractivity contribution in [2.24, 2.45) is 0 Å². The molecule has 9 heteroatoms. The minimum absolute atomic E-state index is 0.170. The van der Waals surface area contributed by atoms with Gasteiger partial charge in [0.05, 0.1) is 24.7 Å². The number of likely N-dealkylation sites (tertiary alicyclic amines) is 1. The van der Waals surface area contributed by atoms with Crippen LogP contribution >= 0.6 is 0 Å². The van der Waals surface area contributed by atoms with E-state index in [1.807, 2.05) is 12.1 Å². The van der Waals surface area contributed by atoms with Gasteiger partial charge in [0.15, 0.2) is 17.0 Å². The van der Waals surface area contributed by atoms with Gasteiger partial charge >= 0.3 is 0 Å². The lowest BCUT2D eigenvalue weighted by Crippen LogP contribution is -2.54. The predicted molar refractivity (Wildman–Crippen MR) is 131 cm³/mol. The molecule has 1 saturated heterocycles. The third-order valence-electron chi connectivity index (χ3n) is 7.18. The average Bonchev–Trinajstić information content (AvgIpc) is 3.37. The van der Waals surface area contributed by atoms with E-state index in [9.17, 15) is 20.2 Å². The van der Waals surface area contributed by atoms with Crippen LogP contribution in [-0.2, 0) is 16.9 Å². The Morgan fingerprint density at radius 1 is 1.17 bits per heavy atom. The normalized spacial score (nSPS) is 22.6. The highest BCUT2D eigenvalue weighted by atomic mass is 16.6. The monoisotopic (exact) mass is 484 g/mol. The molecule has 0 saturated carbocycles. The number of nitro groups is 1. The van der Waals surface area contributed by atoms with Crippen molar-refractivity contribution in [3.05, 3.63) is 99.1 Å². The summed E-state index contributed by atoms with van der Waals surface area (Å²) in [6.07, 6.45) is 0. The molecule has 1 spiro atoms.